The lowest BCUT2D eigenvalue weighted by Gasteiger charge is -2.24. The van der Waals surface area contributed by atoms with Gasteiger partial charge in [-0.3, -0.25) is 4.79 Å². The predicted octanol–water partition coefficient (Wildman–Crippen LogP) is 4.00. The van der Waals surface area contributed by atoms with Gasteiger partial charge in [-0.25, -0.2) is 14.4 Å². The van der Waals surface area contributed by atoms with Crippen LogP contribution in [0.25, 0.3) is 0 Å². The number of aromatic nitrogens is 2. The Morgan fingerprint density at radius 1 is 1.14 bits per heavy atom. The smallest absolute Gasteiger partial charge is 0.381 e. The van der Waals surface area contributed by atoms with Crippen LogP contribution < -0.4 is 10.6 Å². The molecule has 1 atom stereocenters. The highest BCUT2D eigenvalue weighted by Crippen LogP contribution is 2.36. The lowest BCUT2D eigenvalue weighted by molar-refractivity contribution is -0.140. The topological polar surface area (TPSA) is 94.6 Å². The fraction of sp³-hybridized carbons (Fsp3) is 0.542. The van der Waals surface area contributed by atoms with E-state index < -0.39 is 29.9 Å². The highest BCUT2D eigenvalue weighted by Gasteiger charge is 2.36. The zero-order valence-electron chi connectivity index (χ0n) is 20.0. The molecule has 12 heteroatoms. The Morgan fingerprint density at radius 3 is 2.50 bits per heavy atom. The maximum atomic E-state index is 14.8. The summed E-state index contributed by atoms with van der Waals surface area (Å²) in [6, 6.07) is 2.23. The zero-order chi connectivity index (χ0) is 25.9. The normalized spacial score (nSPS) is 18.3. The summed E-state index contributed by atoms with van der Waals surface area (Å²) in [5, 5.41) is 5.97. The van der Waals surface area contributed by atoms with Crippen molar-refractivity contribution >= 4 is 11.7 Å². The van der Waals surface area contributed by atoms with E-state index in [-0.39, 0.29) is 29.8 Å². The quantitative estimate of drug-likeness (QED) is 0.542. The number of carbonyl (C=O) groups excluding carboxylic acids is 1. The molecule has 4 rings (SSSR count). The van der Waals surface area contributed by atoms with E-state index in [2.05, 4.69) is 20.6 Å². The minimum absolute atomic E-state index is 0.00174. The van der Waals surface area contributed by atoms with Crippen molar-refractivity contribution in [2.75, 3.05) is 31.7 Å². The molecule has 0 radical (unpaired) electrons. The monoisotopic (exact) mass is 512 g/mol. The van der Waals surface area contributed by atoms with Gasteiger partial charge in [-0.15, -0.1) is 0 Å². The van der Waals surface area contributed by atoms with E-state index in [1.807, 2.05) is 0 Å². The Balaban J connectivity index is 1.63. The number of aryl methyl sites for hydroxylation is 1. The fourth-order valence-corrected chi connectivity index (χ4v) is 4.32. The Hall–Kier alpha value is -2.83. The summed E-state index contributed by atoms with van der Waals surface area (Å²) in [5.74, 6) is -1.08. The van der Waals surface area contributed by atoms with Gasteiger partial charge in [0.15, 0.2) is 6.29 Å². The van der Waals surface area contributed by atoms with Crippen LogP contribution in [-0.4, -0.2) is 48.3 Å². The first-order valence-corrected chi connectivity index (χ1v) is 11.7. The van der Waals surface area contributed by atoms with E-state index in [1.165, 1.54) is 13.0 Å². The first-order valence-electron chi connectivity index (χ1n) is 11.7. The van der Waals surface area contributed by atoms with Gasteiger partial charge in [0.1, 0.15) is 17.5 Å². The van der Waals surface area contributed by atoms with Gasteiger partial charge >= 0.3 is 6.18 Å². The van der Waals surface area contributed by atoms with Crippen LogP contribution in [0.15, 0.2) is 18.2 Å². The van der Waals surface area contributed by atoms with Gasteiger partial charge in [0, 0.05) is 24.8 Å². The summed E-state index contributed by atoms with van der Waals surface area (Å²) in [6.07, 6.45) is -4.36. The minimum Gasteiger partial charge on any atom is -0.381 e. The van der Waals surface area contributed by atoms with Crippen LogP contribution in [0.1, 0.15) is 60.3 Å². The summed E-state index contributed by atoms with van der Waals surface area (Å²) < 4.78 is 71.1. The van der Waals surface area contributed by atoms with Gasteiger partial charge in [0.05, 0.1) is 42.5 Å². The van der Waals surface area contributed by atoms with Gasteiger partial charge < -0.3 is 24.8 Å². The molecule has 1 aromatic heterocycles. The lowest BCUT2D eigenvalue weighted by Crippen LogP contribution is -2.40. The molecule has 2 aliphatic rings. The maximum absolute atomic E-state index is 14.8. The summed E-state index contributed by atoms with van der Waals surface area (Å²) in [4.78, 5) is 21.6. The largest absolute Gasteiger partial charge is 0.419 e. The van der Waals surface area contributed by atoms with Crippen LogP contribution in [-0.2, 0) is 31.6 Å². The average Bonchev–Trinajstić information content (AvgIpc) is 3.33. The number of nitrogens with one attached hydrogen (secondary N) is 2. The molecule has 8 nitrogen and oxygen atoms in total. The molecule has 0 saturated carbocycles. The number of alkyl halides is 3. The number of carbonyl (C=O) groups is 1. The number of halogens is 4. The van der Waals surface area contributed by atoms with Crippen molar-refractivity contribution in [1.29, 1.82) is 0 Å². The first-order chi connectivity index (χ1) is 17.1. The van der Waals surface area contributed by atoms with Crippen LogP contribution in [0.3, 0.4) is 0 Å². The summed E-state index contributed by atoms with van der Waals surface area (Å²) in [6.45, 7) is 4.91. The molecule has 2 N–H and O–H groups in total. The van der Waals surface area contributed by atoms with Gasteiger partial charge in [-0.2, -0.15) is 13.2 Å². The Labute approximate surface area is 205 Å². The van der Waals surface area contributed by atoms with Crippen molar-refractivity contribution in [2.45, 2.75) is 57.7 Å². The SMILES string of the molecule is Cc1nc(CC(=O)NC2CCOCC2)c(C2OCCO2)c(N[C@H](C)c2cccc(C(F)(F)F)c2F)n1. The van der Waals surface area contributed by atoms with E-state index in [0.29, 0.717) is 62.4 Å². The number of ether oxygens (including phenoxy) is 3. The molecule has 0 bridgehead atoms. The highest BCUT2D eigenvalue weighted by atomic mass is 19.4. The predicted molar refractivity (Wildman–Crippen MR) is 121 cm³/mol. The van der Waals surface area contributed by atoms with Gasteiger partial charge in [-0.1, -0.05) is 12.1 Å². The average molecular weight is 513 g/mol. The molecule has 3 heterocycles. The Kier molecular flexibility index (Phi) is 8.06. The summed E-state index contributed by atoms with van der Waals surface area (Å²) in [5.41, 5.74) is -0.808. The molecule has 2 aliphatic heterocycles. The molecular weight excluding hydrogens is 484 g/mol. The van der Waals surface area contributed by atoms with Gasteiger partial charge in [-0.05, 0) is 32.8 Å². The lowest BCUT2D eigenvalue weighted by atomic mass is 10.0. The van der Waals surface area contributed by atoms with E-state index in [0.717, 1.165) is 6.07 Å². The van der Waals surface area contributed by atoms with E-state index in [9.17, 15) is 22.4 Å². The molecule has 2 fully saturated rings. The molecule has 196 valence electrons. The third-order valence-electron chi connectivity index (χ3n) is 6.06. The van der Waals surface area contributed by atoms with Crippen molar-refractivity contribution in [2.24, 2.45) is 0 Å². The van der Waals surface area contributed by atoms with Crippen LogP contribution in [0.2, 0.25) is 0 Å². The molecule has 1 amide bonds. The minimum atomic E-state index is -4.83. The summed E-state index contributed by atoms with van der Waals surface area (Å²) >= 11 is 0. The number of benzene rings is 1. The van der Waals surface area contributed by atoms with Crippen molar-refractivity contribution < 1.29 is 36.6 Å². The molecule has 2 aromatic rings. The Morgan fingerprint density at radius 2 is 1.83 bits per heavy atom. The first kappa shape index (κ1) is 26.2. The van der Waals surface area contributed by atoms with Crippen molar-refractivity contribution in [1.82, 2.24) is 15.3 Å². The van der Waals surface area contributed by atoms with Gasteiger partial charge in [0.2, 0.25) is 5.91 Å². The third kappa shape index (κ3) is 6.11. The van der Waals surface area contributed by atoms with Crippen molar-refractivity contribution in [3.05, 3.63) is 52.2 Å². The molecule has 2 saturated heterocycles. The van der Waals surface area contributed by atoms with Crippen molar-refractivity contribution in [3.63, 3.8) is 0 Å². The van der Waals surface area contributed by atoms with Crippen LogP contribution in [0.4, 0.5) is 23.4 Å². The van der Waals surface area contributed by atoms with Crippen LogP contribution in [0.5, 0.6) is 0 Å². The Bertz CT molecular complexity index is 1090. The molecular formula is C24H28F4N4O4. The number of hydrogen-bond donors (Lipinski definition) is 2. The van der Waals surface area contributed by atoms with Crippen LogP contribution in [0, 0.1) is 12.7 Å². The number of hydrogen-bond acceptors (Lipinski definition) is 7. The summed E-state index contributed by atoms with van der Waals surface area (Å²) in [7, 11) is 0. The molecule has 1 aromatic carbocycles. The fourth-order valence-electron chi connectivity index (χ4n) is 4.32. The van der Waals surface area contributed by atoms with E-state index >= 15 is 0 Å². The molecule has 0 aliphatic carbocycles. The van der Waals surface area contributed by atoms with Crippen molar-refractivity contribution in [3.8, 4) is 0 Å². The van der Waals surface area contributed by atoms with E-state index in [4.69, 9.17) is 14.2 Å². The van der Waals surface area contributed by atoms with Crippen LogP contribution >= 0.6 is 0 Å². The highest BCUT2D eigenvalue weighted by molar-refractivity contribution is 5.79. The van der Waals surface area contributed by atoms with Gasteiger partial charge in [0.25, 0.3) is 0 Å². The maximum Gasteiger partial charge on any atom is 0.419 e. The number of nitrogens with zero attached hydrogens (tertiary/aromatic N) is 2. The third-order valence-corrected chi connectivity index (χ3v) is 6.06. The number of amides is 1. The van der Waals surface area contributed by atoms with E-state index in [1.54, 1.807) is 6.92 Å². The molecule has 0 unspecified atom stereocenters. The molecule has 36 heavy (non-hydrogen) atoms. The second-order valence-electron chi connectivity index (χ2n) is 8.76. The standard InChI is InChI=1S/C24H28F4N4O4/c1-13(16-4-3-5-17(21(16)25)24(26,27)28)29-22-20(23-35-10-11-36-23)18(30-14(2)31-22)12-19(33)32-15-6-8-34-9-7-15/h3-5,13,15,23H,6-12H2,1-2H3,(H,32,33)(H,29,30,31)/t13-/m1/s1. The number of rotatable bonds is 7. The second kappa shape index (κ2) is 11.1. The number of anilines is 1. The zero-order valence-corrected chi connectivity index (χ0v) is 20.0. The molecule has 0 spiro atoms. The second-order valence-corrected chi connectivity index (χ2v) is 8.76.